The van der Waals surface area contributed by atoms with E-state index in [9.17, 15) is 8.78 Å². The van der Waals surface area contributed by atoms with Gasteiger partial charge in [-0.25, -0.2) is 8.78 Å². The molecule has 0 aliphatic rings. The van der Waals surface area contributed by atoms with Gasteiger partial charge >= 0.3 is 0 Å². The maximum Gasteiger partial charge on any atom is 0.145 e. The van der Waals surface area contributed by atoms with E-state index in [1.165, 1.54) is 12.1 Å². The monoisotopic (exact) mass is 359 g/mol. The number of nitrogens with one attached hydrogen (secondary N) is 1. The zero-order valence-electron chi connectivity index (χ0n) is 11.0. The van der Waals surface area contributed by atoms with E-state index in [-0.39, 0.29) is 10.0 Å². The summed E-state index contributed by atoms with van der Waals surface area (Å²) in [5, 5.41) is 3.48. The Morgan fingerprint density at radius 3 is 2.55 bits per heavy atom. The molecule has 0 amide bonds. The van der Waals surface area contributed by atoms with Crippen LogP contribution in [0.15, 0.2) is 34.8 Å². The molecule has 106 valence electrons. The fraction of sp³-hybridized carbons (Fsp3) is 0.200. The molecule has 0 saturated heterocycles. The predicted octanol–water partition coefficient (Wildman–Crippen LogP) is 5.00. The molecule has 0 radical (unpaired) electrons. The number of halogens is 4. The second-order valence-corrected chi connectivity index (χ2v) is 5.77. The lowest BCUT2D eigenvalue weighted by molar-refractivity contribution is 0.518. The van der Waals surface area contributed by atoms with Crippen molar-refractivity contribution < 1.29 is 8.78 Å². The largest absolute Gasteiger partial charge is 0.309 e. The first-order chi connectivity index (χ1) is 9.45. The third-order valence-electron chi connectivity index (χ3n) is 3.21. The standard InChI is InChI=1S/C15H13BrClF2N/c1-8-3-4-9(17)7-10(8)15(20-2)13-12(18)6-5-11(16)14(13)19/h3-7,15,20H,1-2H3. The van der Waals surface area contributed by atoms with Crippen molar-refractivity contribution in [2.75, 3.05) is 7.05 Å². The number of rotatable bonds is 3. The van der Waals surface area contributed by atoms with Gasteiger partial charge in [0.05, 0.1) is 10.5 Å². The molecular formula is C15H13BrClF2N. The van der Waals surface area contributed by atoms with E-state index in [1.807, 2.05) is 13.0 Å². The van der Waals surface area contributed by atoms with Crippen molar-refractivity contribution in [3.8, 4) is 0 Å². The fourth-order valence-electron chi connectivity index (χ4n) is 2.19. The average Bonchev–Trinajstić information content (AvgIpc) is 2.42. The first-order valence-corrected chi connectivity index (χ1v) is 7.19. The van der Waals surface area contributed by atoms with Crippen LogP contribution in [0.25, 0.3) is 0 Å². The molecule has 2 aromatic rings. The topological polar surface area (TPSA) is 12.0 Å². The molecule has 2 rings (SSSR count). The van der Waals surface area contributed by atoms with Gasteiger partial charge in [-0.15, -0.1) is 0 Å². The molecule has 20 heavy (non-hydrogen) atoms. The highest BCUT2D eigenvalue weighted by molar-refractivity contribution is 9.10. The van der Waals surface area contributed by atoms with Gasteiger partial charge in [0.2, 0.25) is 0 Å². The lowest BCUT2D eigenvalue weighted by atomic mass is 9.94. The van der Waals surface area contributed by atoms with Gasteiger partial charge in [-0.3, -0.25) is 0 Å². The zero-order chi connectivity index (χ0) is 14.9. The highest BCUT2D eigenvalue weighted by Gasteiger charge is 2.23. The molecule has 0 aromatic heterocycles. The van der Waals surface area contributed by atoms with Crippen molar-refractivity contribution in [3.05, 3.63) is 68.2 Å². The van der Waals surface area contributed by atoms with Gasteiger partial charge in [0, 0.05) is 10.6 Å². The van der Waals surface area contributed by atoms with Gasteiger partial charge in [-0.1, -0.05) is 17.7 Å². The highest BCUT2D eigenvalue weighted by atomic mass is 79.9. The Morgan fingerprint density at radius 2 is 1.90 bits per heavy atom. The van der Waals surface area contributed by atoms with Crippen LogP contribution in [-0.4, -0.2) is 7.05 Å². The van der Waals surface area contributed by atoms with Crippen molar-refractivity contribution >= 4 is 27.5 Å². The van der Waals surface area contributed by atoms with Gasteiger partial charge in [0.25, 0.3) is 0 Å². The lowest BCUT2D eigenvalue weighted by Crippen LogP contribution is -2.21. The first-order valence-electron chi connectivity index (χ1n) is 6.02. The van der Waals surface area contributed by atoms with Crippen LogP contribution in [-0.2, 0) is 0 Å². The quantitative estimate of drug-likeness (QED) is 0.760. The fourth-order valence-corrected chi connectivity index (χ4v) is 2.71. The number of aryl methyl sites for hydroxylation is 1. The highest BCUT2D eigenvalue weighted by Crippen LogP contribution is 2.33. The molecule has 0 aliphatic carbocycles. The molecule has 0 bridgehead atoms. The second-order valence-electron chi connectivity index (χ2n) is 4.48. The summed E-state index contributed by atoms with van der Waals surface area (Å²) in [5.74, 6) is -1.20. The average molecular weight is 361 g/mol. The molecule has 0 spiro atoms. The van der Waals surface area contributed by atoms with Gasteiger partial charge in [-0.2, -0.15) is 0 Å². The summed E-state index contributed by atoms with van der Waals surface area (Å²) >= 11 is 9.08. The minimum atomic E-state index is -0.608. The Balaban J connectivity index is 2.64. The van der Waals surface area contributed by atoms with Gasteiger partial charge in [-0.05, 0) is 65.3 Å². The summed E-state index contributed by atoms with van der Waals surface area (Å²) in [7, 11) is 1.66. The third kappa shape index (κ3) is 2.87. The molecule has 0 aliphatic heterocycles. The van der Waals surface area contributed by atoms with Gasteiger partial charge in [0.1, 0.15) is 11.6 Å². The van der Waals surface area contributed by atoms with Crippen LogP contribution in [0.3, 0.4) is 0 Å². The van der Waals surface area contributed by atoms with Crippen molar-refractivity contribution in [3.63, 3.8) is 0 Å². The molecule has 1 nitrogen and oxygen atoms in total. The molecule has 1 N–H and O–H groups in total. The van der Waals surface area contributed by atoms with Crippen molar-refractivity contribution in [1.82, 2.24) is 5.32 Å². The van der Waals surface area contributed by atoms with Crippen LogP contribution in [0, 0.1) is 18.6 Å². The van der Waals surface area contributed by atoms with E-state index in [2.05, 4.69) is 21.2 Å². The van der Waals surface area contributed by atoms with Crippen LogP contribution in [0.5, 0.6) is 0 Å². The zero-order valence-corrected chi connectivity index (χ0v) is 13.3. The third-order valence-corrected chi connectivity index (χ3v) is 4.06. The molecular weight excluding hydrogens is 348 g/mol. The molecule has 0 heterocycles. The second kappa shape index (κ2) is 6.20. The molecule has 1 atom stereocenters. The van der Waals surface area contributed by atoms with Crippen molar-refractivity contribution in [1.29, 1.82) is 0 Å². The van der Waals surface area contributed by atoms with Crippen molar-refractivity contribution in [2.24, 2.45) is 0 Å². The van der Waals surface area contributed by atoms with Gasteiger partial charge in [0.15, 0.2) is 0 Å². The smallest absolute Gasteiger partial charge is 0.145 e. The number of benzene rings is 2. The molecule has 2 aromatic carbocycles. The van der Waals surface area contributed by atoms with E-state index in [1.54, 1.807) is 19.2 Å². The minimum Gasteiger partial charge on any atom is -0.309 e. The normalized spacial score (nSPS) is 12.5. The van der Waals surface area contributed by atoms with Crippen LogP contribution >= 0.6 is 27.5 Å². The van der Waals surface area contributed by atoms with Crippen molar-refractivity contribution in [2.45, 2.75) is 13.0 Å². The molecule has 0 saturated carbocycles. The summed E-state index contributed by atoms with van der Waals surface area (Å²) in [4.78, 5) is 0. The first kappa shape index (κ1) is 15.4. The van der Waals surface area contributed by atoms with E-state index >= 15 is 0 Å². The number of hydrogen-bond acceptors (Lipinski definition) is 1. The summed E-state index contributed by atoms with van der Waals surface area (Å²) in [6, 6.07) is 7.29. The summed E-state index contributed by atoms with van der Waals surface area (Å²) in [6.07, 6.45) is 0. The van der Waals surface area contributed by atoms with E-state index in [0.717, 1.165) is 11.1 Å². The van der Waals surface area contributed by atoms with Crippen LogP contribution in [0.1, 0.15) is 22.7 Å². The van der Waals surface area contributed by atoms with Crippen LogP contribution in [0.4, 0.5) is 8.78 Å². The minimum absolute atomic E-state index is 0.0211. The Bertz CT molecular complexity index is 646. The van der Waals surface area contributed by atoms with E-state index < -0.39 is 17.7 Å². The van der Waals surface area contributed by atoms with E-state index in [0.29, 0.717) is 5.02 Å². The maximum absolute atomic E-state index is 14.3. The maximum atomic E-state index is 14.3. The Labute approximate surface area is 130 Å². The Morgan fingerprint density at radius 1 is 1.20 bits per heavy atom. The Kier molecular flexibility index (Phi) is 4.78. The van der Waals surface area contributed by atoms with Crippen LogP contribution < -0.4 is 5.32 Å². The van der Waals surface area contributed by atoms with E-state index in [4.69, 9.17) is 11.6 Å². The Hall–Kier alpha value is -0.970. The summed E-state index contributed by atoms with van der Waals surface area (Å²) in [6.45, 7) is 1.88. The summed E-state index contributed by atoms with van der Waals surface area (Å²) < 4.78 is 28.5. The van der Waals surface area contributed by atoms with Gasteiger partial charge < -0.3 is 5.32 Å². The molecule has 1 unspecified atom stereocenters. The molecule has 0 fully saturated rings. The predicted molar refractivity (Wildman–Crippen MR) is 81.1 cm³/mol. The van der Waals surface area contributed by atoms with Crippen LogP contribution in [0.2, 0.25) is 5.02 Å². The summed E-state index contributed by atoms with van der Waals surface area (Å²) in [5.41, 5.74) is 1.63. The number of hydrogen-bond donors (Lipinski definition) is 1. The SMILES string of the molecule is CNC(c1cc(Cl)ccc1C)c1c(F)ccc(Br)c1F. The molecule has 5 heteroatoms. The lowest BCUT2D eigenvalue weighted by Gasteiger charge is -2.21.